The molecule has 1 fully saturated rings. The van der Waals surface area contributed by atoms with Crippen molar-refractivity contribution in [2.24, 2.45) is 0 Å². The molecule has 1 saturated heterocycles. The Kier molecular flexibility index (Phi) is 8.88. The molecule has 0 aromatic heterocycles. The Morgan fingerprint density at radius 2 is 1.79 bits per heavy atom. The number of imide groups is 1. The van der Waals surface area contributed by atoms with Crippen LogP contribution in [0, 0.1) is 5.82 Å². The van der Waals surface area contributed by atoms with Crippen LogP contribution in [0.25, 0.3) is 6.08 Å². The molecule has 2 aromatic rings. The SMILES string of the molecule is CCOc1ccccc1OCCCC(=O)NCCN1C(=O)S/C(=C\c2ccccc2F)C1=O. The molecule has 0 spiro atoms. The second-order valence-corrected chi connectivity index (χ2v) is 8.03. The van der Waals surface area contributed by atoms with Crippen molar-refractivity contribution in [3.63, 3.8) is 0 Å². The zero-order chi connectivity index (χ0) is 23.6. The van der Waals surface area contributed by atoms with Crippen molar-refractivity contribution in [3.8, 4) is 11.5 Å². The molecule has 0 saturated carbocycles. The molecule has 7 nitrogen and oxygen atoms in total. The number of rotatable bonds is 11. The molecule has 1 heterocycles. The monoisotopic (exact) mass is 472 g/mol. The van der Waals surface area contributed by atoms with Gasteiger partial charge in [0.2, 0.25) is 5.91 Å². The largest absolute Gasteiger partial charge is 0.490 e. The van der Waals surface area contributed by atoms with Gasteiger partial charge in [-0.2, -0.15) is 0 Å². The summed E-state index contributed by atoms with van der Waals surface area (Å²) in [5, 5.41) is 2.25. The first-order chi connectivity index (χ1) is 16.0. The van der Waals surface area contributed by atoms with Crippen LogP contribution in [0.15, 0.2) is 53.4 Å². The van der Waals surface area contributed by atoms with E-state index in [0.717, 1.165) is 16.7 Å². The van der Waals surface area contributed by atoms with Gasteiger partial charge in [-0.3, -0.25) is 19.3 Å². The molecule has 9 heteroatoms. The van der Waals surface area contributed by atoms with Crippen molar-refractivity contribution in [1.82, 2.24) is 10.2 Å². The molecule has 0 aliphatic carbocycles. The first-order valence-corrected chi connectivity index (χ1v) is 11.4. The number of hydrogen-bond donors (Lipinski definition) is 1. The van der Waals surface area contributed by atoms with Gasteiger partial charge in [-0.15, -0.1) is 0 Å². The Bertz CT molecular complexity index is 1040. The topological polar surface area (TPSA) is 84.9 Å². The molecule has 1 aliphatic rings. The molecule has 0 unspecified atom stereocenters. The summed E-state index contributed by atoms with van der Waals surface area (Å²) in [6.07, 6.45) is 2.10. The lowest BCUT2D eigenvalue weighted by Gasteiger charge is -2.13. The zero-order valence-corrected chi connectivity index (χ0v) is 19.0. The van der Waals surface area contributed by atoms with Crippen LogP contribution in [0.2, 0.25) is 0 Å². The van der Waals surface area contributed by atoms with Crippen LogP contribution in [0.1, 0.15) is 25.3 Å². The zero-order valence-electron chi connectivity index (χ0n) is 18.2. The minimum absolute atomic E-state index is 0.0449. The fourth-order valence-corrected chi connectivity index (χ4v) is 3.94. The van der Waals surface area contributed by atoms with Gasteiger partial charge in [0.25, 0.3) is 11.1 Å². The van der Waals surface area contributed by atoms with Crippen molar-refractivity contribution >= 4 is 34.9 Å². The summed E-state index contributed by atoms with van der Waals surface area (Å²) in [6.45, 7) is 2.95. The van der Waals surface area contributed by atoms with Crippen LogP contribution in [-0.4, -0.2) is 48.3 Å². The van der Waals surface area contributed by atoms with E-state index in [1.807, 2.05) is 31.2 Å². The van der Waals surface area contributed by atoms with Gasteiger partial charge in [0.05, 0.1) is 18.1 Å². The Hall–Kier alpha value is -3.33. The summed E-state index contributed by atoms with van der Waals surface area (Å²) >= 11 is 0.756. The molecule has 2 aromatic carbocycles. The molecular weight excluding hydrogens is 447 g/mol. The number of para-hydroxylation sites is 2. The summed E-state index contributed by atoms with van der Waals surface area (Å²) in [5.74, 6) is 0.115. The maximum atomic E-state index is 13.8. The molecule has 0 atom stereocenters. The molecule has 174 valence electrons. The smallest absolute Gasteiger partial charge is 0.293 e. The van der Waals surface area contributed by atoms with Gasteiger partial charge < -0.3 is 14.8 Å². The quantitative estimate of drug-likeness (QED) is 0.389. The Balaban J connectivity index is 1.39. The minimum atomic E-state index is -0.496. The maximum absolute atomic E-state index is 13.8. The van der Waals surface area contributed by atoms with E-state index < -0.39 is 17.0 Å². The third-order valence-electron chi connectivity index (χ3n) is 4.68. The van der Waals surface area contributed by atoms with Crippen LogP contribution in [0.5, 0.6) is 11.5 Å². The van der Waals surface area contributed by atoms with Crippen molar-refractivity contribution in [2.75, 3.05) is 26.3 Å². The third-order valence-corrected chi connectivity index (χ3v) is 5.59. The normalized spacial score (nSPS) is 14.6. The molecule has 3 amide bonds. The highest BCUT2D eigenvalue weighted by Crippen LogP contribution is 2.32. The van der Waals surface area contributed by atoms with E-state index in [-0.39, 0.29) is 35.9 Å². The molecule has 1 aliphatic heterocycles. The lowest BCUT2D eigenvalue weighted by atomic mass is 10.2. The summed E-state index contributed by atoms with van der Waals surface area (Å²) in [4.78, 5) is 37.9. The lowest BCUT2D eigenvalue weighted by molar-refractivity contribution is -0.124. The minimum Gasteiger partial charge on any atom is -0.490 e. The van der Waals surface area contributed by atoms with Crippen LogP contribution in [0.3, 0.4) is 0 Å². The van der Waals surface area contributed by atoms with Gasteiger partial charge in [0.15, 0.2) is 11.5 Å². The highest BCUT2D eigenvalue weighted by atomic mass is 32.2. The van der Waals surface area contributed by atoms with E-state index in [0.29, 0.717) is 31.1 Å². The summed E-state index contributed by atoms with van der Waals surface area (Å²) < 4.78 is 25.0. The average Bonchev–Trinajstić information content (AvgIpc) is 3.07. The number of nitrogens with zero attached hydrogens (tertiary/aromatic N) is 1. The lowest BCUT2D eigenvalue weighted by Crippen LogP contribution is -2.37. The number of halogens is 1. The Morgan fingerprint density at radius 1 is 1.09 bits per heavy atom. The number of carbonyl (C=O) groups is 3. The van der Waals surface area contributed by atoms with Crippen LogP contribution in [0.4, 0.5) is 9.18 Å². The maximum Gasteiger partial charge on any atom is 0.293 e. The molecular formula is C24H25FN2O5S. The molecule has 33 heavy (non-hydrogen) atoms. The van der Waals surface area contributed by atoms with E-state index in [4.69, 9.17) is 9.47 Å². The molecule has 3 rings (SSSR count). The number of hydrogen-bond acceptors (Lipinski definition) is 6. The molecule has 1 N–H and O–H groups in total. The van der Waals surface area contributed by atoms with Crippen LogP contribution < -0.4 is 14.8 Å². The van der Waals surface area contributed by atoms with Gasteiger partial charge in [-0.05, 0) is 49.4 Å². The fourth-order valence-electron chi connectivity index (χ4n) is 3.08. The van der Waals surface area contributed by atoms with Crippen LogP contribution >= 0.6 is 11.8 Å². The van der Waals surface area contributed by atoms with Crippen molar-refractivity contribution < 1.29 is 28.2 Å². The Morgan fingerprint density at radius 3 is 2.52 bits per heavy atom. The van der Waals surface area contributed by atoms with Crippen molar-refractivity contribution in [2.45, 2.75) is 19.8 Å². The van der Waals surface area contributed by atoms with E-state index in [1.54, 1.807) is 12.1 Å². The standard InChI is InChI=1S/C24H25FN2O5S/c1-2-31-19-10-5-6-11-20(19)32-15-7-12-22(28)26-13-14-27-23(29)21(33-24(27)30)16-17-8-3-4-9-18(17)25/h3-6,8-11,16H,2,7,12-15H2,1H3,(H,26,28)/b21-16-. The number of ether oxygens (including phenoxy) is 2. The number of carbonyl (C=O) groups excluding carboxylic acids is 3. The van der Waals surface area contributed by atoms with E-state index in [9.17, 15) is 18.8 Å². The van der Waals surface area contributed by atoms with E-state index in [1.165, 1.54) is 18.2 Å². The predicted molar refractivity (Wildman–Crippen MR) is 124 cm³/mol. The fraction of sp³-hybridized carbons (Fsp3) is 0.292. The van der Waals surface area contributed by atoms with Gasteiger partial charge in [-0.25, -0.2) is 4.39 Å². The second kappa shape index (κ2) is 12.1. The number of thioether (sulfide) groups is 1. The number of benzene rings is 2. The van der Waals surface area contributed by atoms with E-state index >= 15 is 0 Å². The highest BCUT2D eigenvalue weighted by molar-refractivity contribution is 8.18. The summed E-state index contributed by atoms with van der Waals surface area (Å²) in [6, 6.07) is 13.4. The van der Waals surface area contributed by atoms with Gasteiger partial charge in [-0.1, -0.05) is 30.3 Å². The second-order valence-electron chi connectivity index (χ2n) is 7.04. The highest BCUT2D eigenvalue weighted by Gasteiger charge is 2.34. The van der Waals surface area contributed by atoms with Crippen LogP contribution in [-0.2, 0) is 9.59 Å². The number of amides is 3. The van der Waals surface area contributed by atoms with Crippen molar-refractivity contribution in [1.29, 1.82) is 0 Å². The molecule has 0 radical (unpaired) electrons. The summed E-state index contributed by atoms with van der Waals surface area (Å²) in [5.41, 5.74) is 0.238. The third kappa shape index (κ3) is 6.82. The van der Waals surface area contributed by atoms with Gasteiger partial charge in [0.1, 0.15) is 5.82 Å². The average molecular weight is 473 g/mol. The first kappa shape index (κ1) is 24.3. The summed E-state index contributed by atoms with van der Waals surface area (Å²) in [7, 11) is 0. The number of nitrogens with one attached hydrogen (secondary N) is 1. The Labute approximate surface area is 195 Å². The molecule has 0 bridgehead atoms. The predicted octanol–water partition coefficient (Wildman–Crippen LogP) is 4.24. The van der Waals surface area contributed by atoms with Gasteiger partial charge >= 0.3 is 0 Å². The van der Waals surface area contributed by atoms with Gasteiger partial charge in [0, 0.05) is 25.1 Å². The van der Waals surface area contributed by atoms with E-state index in [2.05, 4.69) is 5.32 Å². The van der Waals surface area contributed by atoms with Crippen molar-refractivity contribution in [3.05, 3.63) is 64.8 Å². The first-order valence-electron chi connectivity index (χ1n) is 10.6.